The minimum Gasteiger partial charge on any atom is -0.347 e. The molecule has 0 saturated carbocycles. The van der Waals surface area contributed by atoms with E-state index >= 15 is 0 Å². The molecule has 0 aromatic rings. The van der Waals surface area contributed by atoms with Crippen molar-refractivity contribution in [2.75, 3.05) is 20.7 Å². The average molecular weight is 674 g/mol. The second kappa shape index (κ2) is 33.5. The molecule has 1 aliphatic rings. The Hall–Kier alpha value is -0.640. The van der Waals surface area contributed by atoms with E-state index < -0.39 is 0 Å². The van der Waals surface area contributed by atoms with Crippen LogP contribution < -0.4 is 0 Å². The van der Waals surface area contributed by atoms with Crippen molar-refractivity contribution in [2.45, 2.75) is 244 Å². The molecular weight excluding hydrogens is 587 g/mol. The minimum atomic E-state index is -0.312. The van der Waals surface area contributed by atoms with E-state index in [9.17, 15) is 0 Å². The normalized spacial score (nSPS) is 17.1. The van der Waals surface area contributed by atoms with Crippen LogP contribution in [0, 0.1) is 0 Å². The number of ether oxygens (including phenoxy) is 2. The molecule has 1 saturated heterocycles. The number of rotatable bonds is 36. The molecule has 0 aromatic carbocycles. The zero-order valence-corrected chi connectivity index (χ0v) is 33.6. The summed E-state index contributed by atoms with van der Waals surface area (Å²) in [6.45, 7) is 7.70. The van der Waals surface area contributed by atoms with Crippen molar-refractivity contribution in [3.63, 3.8) is 0 Å². The van der Waals surface area contributed by atoms with Crippen LogP contribution in [-0.2, 0) is 9.47 Å². The Bertz CT molecular complexity index is 674. The summed E-state index contributed by atoms with van der Waals surface area (Å²) in [5.74, 6) is -0.312. The summed E-state index contributed by atoms with van der Waals surface area (Å²) in [5, 5.41) is 0. The molecule has 1 aliphatic heterocycles. The Balaban J connectivity index is 2.20. The minimum absolute atomic E-state index is 0.274. The molecule has 0 aromatic heterocycles. The lowest BCUT2D eigenvalue weighted by Crippen LogP contribution is -2.31. The summed E-state index contributed by atoms with van der Waals surface area (Å²) in [6.07, 6.45) is 52.4. The van der Waals surface area contributed by atoms with Gasteiger partial charge in [-0.25, -0.2) is 0 Å². The highest BCUT2D eigenvalue weighted by Gasteiger charge is 2.40. The van der Waals surface area contributed by atoms with Crippen LogP contribution >= 0.6 is 0 Å². The predicted octanol–water partition coefficient (Wildman–Crippen LogP) is 14.7. The van der Waals surface area contributed by atoms with Crippen molar-refractivity contribution in [3.05, 3.63) is 24.3 Å². The van der Waals surface area contributed by atoms with Gasteiger partial charge in [-0.05, 0) is 98.1 Å². The second-order valence-electron chi connectivity index (χ2n) is 15.7. The highest BCUT2D eigenvalue weighted by molar-refractivity contribution is 4.83. The van der Waals surface area contributed by atoms with Crippen LogP contribution in [0.2, 0.25) is 0 Å². The number of hydrogen-bond acceptors (Lipinski definition) is 3. The van der Waals surface area contributed by atoms with E-state index in [1.807, 2.05) is 0 Å². The Labute approximate surface area is 302 Å². The van der Waals surface area contributed by atoms with E-state index in [0.29, 0.717) is 6.04 Å². The third-order valence-corrected chi connectivity index (χ3v) is 10.8. The van der Waals surface area contributed by atoms with Gasteiger partial charge in [-0.3, -0.25) is 0 Å². The van der Waals surface area contributed by atoms with Crippen molar-refractivity contribution in [2.24, 2.45) is 0 Å². The van der Waals surface area contributed by atoms with Gasteiger partial charge in [-0.1, -0.05) is 154 Å². The molecule has 0 amide bonds. The summed E-state index contributed by atoms with van der Waals surface area (Å²) in [7, 11) is 4.37. The van der Waals surface area contributed by atoms with Gasteiger partial charge in [0.25, 0.3) is 0 Å². The van der Waals surface area contributed by atoms with Crippen LogP contribution in [0.4, 0.5) is 0 Å². The van der Waals surface area contributed by atoms with Gasteiger partial charge in [0.15, 0.2) is 5.79 Å². The lowest BCUT2D eigenvalue weighted by atomic mass is 9.98. The van der Waals surface area contributed by atoms with Gasteiger partial charge in [0.05, 0.1) is 12.7 Å². The van der Waals surface area contributed by atoms with Gasteiger partial charge in [0.2, 0.25) is 0 Å². The van der Waals surface area contributed by atoms with E-state index in [4.69, 9.17) is 9.47 Å². The van der Waals surface area contributed by atoms with Gasteiger partial charge in [-0.15, -0.1) is 0 Å². The maximum absolute atomic E-state index is 6.77. The molecule has 0 bridgehead atoms. The molecule has 284 valence electrons. The highest BCUT2D eigenvalue weighted by atomic mass is 16.7. The van der Waals surface area contributed by atoms with Crippen molar-refractivity contribution in [1.29, 1.82) is 0 Å². The SMILES string of the molecule is CCCCCCCC/C=C\CCCCCCCCC1(CCCCCCCC/C=C\CCCCCCCC)OCC(CCC(C)N(C)C)O1. The Kier molecular flexibility index (Phi) is 31.7. The quantitative estimate of drug-likeness (QED) is 0.0488. The van der Waals surface area contributed by atoms with Gasteiger partial charge in [0, 0.05) is 18.9 Å². The number of allylic oxidation sites excluding steroid dienone is 4. The summed E-state index contributed by atoms with van der Waals surface area (Å²) in [6, 6.07) is 0.593. The fraction of sp³-hybridized carbons (Fsp3) is 0.911. The maximum Gasteiger partial charge on any atom is 0.168 e. The van der Waals surface area contributed by atoms with Crippen LogP contribution in [0.1, 0.15) is 226 Å². The van der Waals surface area contributed by atoms with Crippen molar-refractivity contribution in [1.82, 2.24) is 4.90 Å². The fourth-order valence-corrected chi connectivity index (χ4v) is 7.12. The molecule has 0 aliphatic carbocycles. The van der Waals surface area contributed by atoms with E-state index in [1.165, 1.54) is 186 Å². The largest absolute Gasteiger partial charge is 0.347 e. The van der Waals surface area contributed by atoms with Crippen molar-refractivity contribution >= 4 is 0 Å². The Morgan fingerprint density at radius 1 is 0.542 bits per heavy atom. The summed E-state index contributed by atoms with van der Waals surface area (Å²) in [4.78, 5) is 2.32. The molecule has 3 heteroatoms. The molecule has 1 rings (SSSR count). The fourth-order valence-electron chi connectivity index (χ4n) is 7.12. The maximum atomic E-state index is 6.77. The zero-order valence-electron chi connectivity index (χ0n) is 33.6. The zero-order chi connectivity index (χ0) is 34.8. The summed E-state index contributed by atoms with van der Waals surface area (Å²) in [5.41, 5.74) is 0. The van der Waals surface area contributed by atoms with E-state index in [0.717, 1.165) is 25.9 Å². The van der Waals surface area contributed by atoms with Gasteiger partial charge >= 0.3 is 0 Å². The Morgan fingerprint density at radius 3 is 1.27 bits per heavy atom. The average Bonchev–Trinajstić information content (AvgIpc) is 3.49. The van der Waals surface area contributed by atoms with Crippen LogP contribution in [0.15, 0.2) is 24.3 Å². The van der Waals surface area contributed by atoms with Crippen molar-refractivity contribution < 1.29 is 9.47 Å². The standard InChI is InChI=1S/C45H87NO2/c1-6-8-10-12-14-16-18-20-22-24-26-28-30-32-34-36-40-45(47-42-44(48-45)39-38-43(3)46(4)5)41-37-35-33-31-29-27-25-23-21-19-17-15-13-11-9-7-2/h20-23,43-44H,6-19,24-42H2,1-5H3/b22-20-,23-21-. The van der Waals surface area contributed by atoms with Gasteiger partial charge in [0.1, 0.15) is 0 Å². The number of hydrogen-bond donors (Lipinski definition) is 0. The smallest absolute Gasteiger partial charge is 0.168 e. The molecule has 1 heterocycles. The predicted molar refractivity (Wildman–Crippen MR) is 214 cm³/mol. The summed E-state index contributed by atoms with van der Waals surface area (Å²) < 4.78 is 13.3. The van der Waals surface area contributed by atoms with Crippen LogP contribution in [-0.4, -0.2) is 43.5 Å². The first-order chi connectivity index (χ1) is 23.5. The first-order valence-electron chi connectivity index (χ1n) is 21.8. The van der Waals surface area contributed by atoms with E-state index in [-0.39, 0.29) is 11.9 Å². The number of unbranched alkanes of at least 4 members (excludes halogenated alkanes) is 24. The molecule has 48 heavy (non-hydrogen) atoms. The van der Waals surface area contributed by atoms with Crippen molar-refractivity contribution in [3.8, 4) is 0 Å². The summed E-state index contributed by atoms with van der Waals surface area (Å²) >= 11 is 0. The Morgan fingerprint density at radius 2 is 0.896 bits per heavy atom. The van der Waals surface area contributed by atoms with E-state index in [2.05, 4.69) is 64.1 Å². The third-order valence-electron chi connectivity index (χ3n) is 10.8. The number of nitrogens with zero attached hydrogens (tertiary/aromatic N) is 1. The van der Waals surface area contributed by atoms with Crippen LogP contribution in [0.5, 0.6) is 0 Å². The molecule has 0 N–H and O–H groups in total. The molecule has 0 spiro atoms. The molecule has 1 fully saturated rings. The highest BCUT2D eigenvalue weighted by Crippen LogP contribution is 2.36. The molecule has 2 atom stereocenters. The first kappa shape index (κ1) is 45.4. The molecule has 3 nitrogen and oxygen atoms in total. The lowest BCUT2D eigenvalue weighted by molar-refractivity contribution is -0.180. The molecular formula is C45H87NO2. The van der Waals surface area contributed by atoms with Gasteiger partial charge in [-0.2, -0.15) is 0 Å². The van der Waals surface area contributed by atoms with Gasteiger partial charge < -0.3 is 14.4 Å². The monoisotopic (exact) mass is 674 g/mol. The molecule has 2 unspecified atom stereocenters. The third kappa shape index (κ3) is 27.1. The lowest BCUT2D eigenvalue weighted by Gasteiger charge is -2.29. The first-order valence-corrected chi connectivity index (χ1v) is 21.8. The molecule has 0 radical (unpaired) electrons. The second-order valence-corrected chi connectivity index (χ2v) is 15.7. The topological polar surface area (TPSA) is 21.7 Å². The van der Waals surface area contributed by atoms with E-state index in [1.54, 1.807) is 0 Å². The van der Waals surface area contributed by atoms with Crippen LogP contribution in [0.3, 0.4) is 0 Å². The van der Waals surface area contributed by atoms with Crippen LogP contribution in [0.25, 0.3) is 0 Å².